The first-order valence-corrected chi connectivity index (χ1v) is 11.3. The molecule has 7 nitrogen and oxygen atoms in total. The van der Waals surface area contributed by atoms with E-state index in [-0.39, 0.29) is 23.7 Å². The first-order valence-electron chi connectivity index (χ1n) is 11.3. The van der Waals surface area contributed by atoms with Crippen LogP contribution in [0.4, 0.5) is 30.5 Å². The molecular weight excluding hydrogens is 447 g/mol. The second-order valence-corrected chi connectivity index (χ2v) is 8.97. The number of benzene rings is 1. The van der Waals surface area contributed by atoms with Crippen LogP contribution in [0.2, 0.25) is 0 Å². The maximum absolute atomic E-state index is 14.3. The Kier molecular flexibility index (Phi) is 6.85. The van der Waals surface area contributed by atoms with Crippen molar-refractivity contribution in [1.82, 2.24) is 9.97 Å². The van der Waals surface area contributed by atoms with E-state index in [0.717, 1.165) is 5.57 Å². The monoisotopic (exact) mass is 473 g/mol. The lowest BCUT2D eigenvalue weighted by molar-refractivity contribution is -0.143. The van der Waals surface area contributed by atoms with Crippen LogP contribution in [0.3, 0.4) is 0 Å². The van der Waals surface area contributed by atoms with Crippen LogP contribution in [0, 0.1) is 29.3 Å². The summed E-state index contributed by atoms with van der Waals surface area (Å²) >= 11 is 0. The minimum atomic E-state index is -1.07. The van der Waals surface area contributed by atoms with Crippen LogP contribution in [0.5, 0.6) is 0 Å². The summed E-state index contributed by atoms with van der Waals surface area (Å²) in [7, 11) is 0. The molecule has 0 spiro atoms. The molecule has 2 heterocycles. The molecule has 1 saturated carbocycles. The largest absolute Gasteiger partial charge is 0.481 e. The molecule has 1 fully saturated rings. The molecule has 10 heteroatoms. The fourth-order valence-electron chi connectivity index (χ4n) is 4.37. The fraction of sp³-hybridized carbons (Fsp3) is 0.417. The lowest BCUT2D eigenvalue weighted by Crippen LogP contribution is -2.23. The standard InChI is InChI=1S/C24H26F3N5O2/c1-12(2)29-24-28-11-20-19(31-24)7-15(13-3-5-14(6-4-13)23(33)34)8-21(30-20)32-22-17(26)9-16(25)10-18(22)27/h8-14H,3-7H2,1-2H3,(H,30,32)(H,33,34)(H,28,29,31)/t13-,14+. The van der Waals surface area contributed by atoms with E-state index < -0.39 is 29.1 Å². The quantitative estimate of drug-likeness (QED) is 0.550. The van der Waals surface area contributed by atoms with E-state index in [2.05, 4.69) is 25.6 Å². The lowest BCUT2D eigenvalue weighted by Gasteiger charge is -2.28. The number of rotatable bonds is 5. The van der Waals surface area contributed by atoms with Gasteiger partial charge in [0.2, 0.25) is 5.95 Å². The van der Waals surface area contributed by atoms with Crippen molar-refractivity contribution in [2.45, 2.75) is 52.0 Å². The van der Waals surface area contributed by atoms with Crippen LogP contribution < -0.4 is 10.6 Å². The van der Waals surface area contributed by atoms with Crippen molar-refractivity contribution >= 4 is 29.1 Å². The van der Waals surface area contributed by atoms with Crippen molar-refractivity contribution in [1.29, 1.82) is 0 Å². The van der Waals surface area contributed by atoms with Gasteiger partial charge in [-0.1, -0.05) is 5.57 Å². The van der Waals surface area contributed by atoms with E-state index in [1.54, 1.807) is 12.3 Å². The summed E-state index contributed by atoms with van der Waals surface area (Å²) in [5, 5.41) is 15.1. The highest BCUT2D eigenvalue weighted by Crippen LogP contribution is 2.37. The van der Waals surface area contributed by atoms with E-state index in [0.29, 0.717) is 61.6 Å². The Bertz CT molecular complexity index is 1130. The van der Waals surface area contributed by atoms with Crippen LogP contribution in [0.15, 0.2) is 35.0 Å². The molecule has 34 heavy (non-hydrogen) atoms. The number of anilines is 2. The van der Waals surface area contributed by atoms with Gasteiger partial charge in [-0.3, -0.25) is 4.79 Å². The highest BCUT2D eigenvalue weighted by atomic mass is 19.1. The van der Waals surface area contributed by atoms with E-state index in [4.69, 9.17) is 0 Å². The highest BCUT2D eigenvalue weighted by Gasteiger charge is 2.29. The molecule has 0 amide bonds. The number of amidine groups is 1. The second-order valence-electron chi connectivity index (χ2n) is 8.97. The Balaban J connectivity index is 1.70. The van der Waals surface area contributed by atoms with Gasteiger partial charge in [-0.15, -0.1) is 0 Å². The normalized spacial score (nSPS) is 20.2. The summed E-state index contributed by atoms with van der Waals surface area (Å²) in [5.74, 6) is -3.62. The maximum Gasteiger partial charge on any atom is 0.306 e. The molecule has 0 saturated heterocycles. The van der Waals surface area contributed by atoms with E-state index in [1.807, 2.05) is 13.8 Å². The highest BCUT2D eigenvalue weighted by molar-refractivity contribution is 6.06. The van der Waals surface area contributed by atoms with E-state index >= 15 is 0 Å². The molecule has 1 aliphatic carbocycles. The van der Waals surface area contributed by atoms with Gasteiger partial charge in [-0.25, -0.2) is 28.1 Å². The van der Waals surface area contributed by atoms with Crippen molar-refractivity contribution in [3.63, 3.8) is 0 Å². The number of carboxylic acids is 1. The smallest absolute Gasteiger partial charge is 0.306 e. The third-order valence-corrected chi connectivity index (χ3v) is 6.06. The number of allylic oxidation sites excluding steroid dienone is 1. The Morgan fingerprint density at radius 1 is 1.12 bits per heavy atom. The van der Waals surface area contributed by atoms with Crippen molar-refractivity contribution in [2.75, 3.05) is 10.6 Å². The number of carboxylic acid groups (broad SMARTS) is 1. The van der Waals surface area contributed by atoms with Gasteiger partial charge in [-0.05, 0) is 51.5 Å². The number of aliphatic imine (C=N–C) groups is 1. The molecule has 2 aromatic rings. The Labute approximate surface area is 195 Å². The van der Waals surface area contributed by atoms with Crippen molar-refractivity contribution < 1.29 is 23.1 Å². The van der Waals surface area contributed by atoms with Crippen LogP contribution in [0.25, 0.3) is 0 Å². The van der Waals surface area contributed by atoms with E-state index in [1.165, 1.54) is 0 Å². The molecule has 1 aromatic heterocycles. The summed E-state index contributed by atoms with van der Waals surface area (Å²) in [5.41, 5.74) is 1.53. The zero-order valence-electron chi connectivity index (χ0n) is 18.9. The molecule has 1 aromatic carbocycles. The zero-order chi connectivity index (χ0) is 24.4. The minimum Gasteiger partial charge on any atom is -0.481 e. The van der Waals surface area contributed by atoms with Crippen molar-refractivity contribution in [3.8, 4) is 0 Å². The molecular formula is C24H26F3N5O2. The number of fused-ring (bicyclic) bond motifs is 1. The molecule has 180 valence electrons. The summed E-state index contributed by atoms with van der Waals surface area (Å²) in [6, 6.07) is 1.32. The molecule has 2 aliphatic rings. The topological polar surface area (TPSA) is 99.5 Å². The van der Waals surface area contributed by atoms with Gasteiger partial charge in [-0.2, -0.15) is 0 Å². The number of hydrogen-bond donors (Lipinski definition) is 3. The van der Waals surface area contributed by atoms with Gasteiger partial charge < -0.3 is 15.7 Å². The predicted molar refractivity (Wildman–Crippen MR) is 123 cm³/mol. The average molecular weight is 473 g/mol. The van der Waals surface area contributed by atoms with Crippen molar-refractivity contribution in [2.24, 2.45) is 16.8 Å². The molecule has 3 N–H and O–H groups in total. The van der Waals surface area contributed by atoms with Crippen LogP contribution in [-0.2, 0) is 11.2 Å². The van der Waals surface area contributed by atoms with Gasteiger partial charge in [0, 0.05) is 24.6 Å². The third kappa shape index (κ3) is 5.37. The molecule has 0 unspecified atom stereocenters. The Morgan fingerprint density at radius 2 is 1.79 bits per heavy atom. The SMILES string of the molecule is CC(C)Nc1ncc2c(n1)CC([C@H]1CC[C@@H](C(=O)O)CC1)=CC(Nc1c(F)cc(F)cc1F)=N2. The maximum atomic E-state index is 14.3. The van der Waals surface area contributed by atoms with Gasteiger partial charge in [0.15, 0.2) is 11.6 Å². The number of aliphatic carboxylic acids is 1. The number of aromatic nitrogens is 2. The van der Waals surface area contributed by atoms with Gasteiger partial charge >= 0.3 is 5.97 Å². The minimum absolute atomic E-state index is 0.0768. The molecule has 0 atom stereocenters. The zero-order valence-corrected chi connectivity index (χ0v) is 18.9. The number of halogens is 3. The second kappa shape index (κ2) is 9.82. The van der Waals surface area contributed by atoms with Crippen LogP contribution in [0.1, 0.15) is 45.2 Å². The third-order valence-electron chi connectivity index (χ3n) is 6.06. The van der Waals surface area contributed by atoms with Gasteiger partial charge in [0.05, 0.1) is 17.8 Å². The molecule has 1 aliphatic heterocycles. The summed E-state index contributed by atoms with van der Waals surface area (Å²) in [6.07, 6.45) is 6.16. The number of carbonyl (C=O) groups is 1. The number of nitrogens with one attached hydrogen (secondary N) is 2. The van der Waals surface area contributed by atoms with E-state index in [9.17, 15) is 23.1 Å². The first-order chi connectivity index (χ1) is 16.2. The molecule has 4 rings (SSSR count). The van der Waals surface area contributed by atoms with Gasteiger partial charge in [0.25, 0.3) is 0 Å². The number of hydrogen-bond acceptors (Lipinski definition) is 6. The fourth-order valence-corrected chi connectivity index (χ4v) is 4.37. The summed E-state index contributed by atoms with van der Waals surface area (Å²) in [4.78, 5) is 24.7. The summed E-state index contributed by atoms with van der Waals surface area (Å²) < 4.78 is 42.0. The van der Waals surface area contributed by atoms with Gasteiger partial charge in [0.1, 0.15) is 23.0 Å². The first kappa shape index (κ1) is 23.7. The summed E-state index contributed by atoms with van der Waals surface area (Å²) in [6.45, 7) is 3.93. The van der Waals surface area contributed by atoms with Crippen molar-refractivity contribution in [3.05, 3.63) is 53.1 Å². The number of nitrogens with zero attached hydrogens (tertiary/aromatic N) is 3. The van der Waals surface area contributed by atoms with Crippen LogP contribution in [-0.4, -0.2) is 32.9 Å². The Morgan fingerprint density at radius 3 is 2.41 bits per heavy atom. The molecule has 0 bridgehead atoms. The van der Waals surface area contributed by atoms with Crippen LogP contribution >= 0.6 is 0 Å². The lowest BCUT2D eigenvalue weighted by atomic mass is 9.77. The predicted octanol–water partition coefficient (Wildman–Crippen LogP) is 5.23. The Hall–Kier alpha value is -3.43. The average Bonchev–Trinajstić information content (AvgIpc) is 2.94. The molecule has 0 radical (unpaired) electrons.